The molecule has 5 nitrogen and oxygen atoms in total. The molecule has 0 amide bonds. The number of hydrogen-bond acceptors (Lipinski definition) is 4. The molecular weight excluding hydrogens is 314 g/mol. The van der Waals surface area contributed by atoms with Gasteiger partial charge in [-0.15, -0.1) is 11.3 Å². The van der Waals surface area contributed by atoms with Crippen molar-refractivity contribution in [3.63, 3.8) is 0 Å². The molecule has 2 atom stereocenters. The van der Waals surface area contributed by atoms with Crippen molar-refractivity contribution in [2.75, 3.05) is 13.6 Å². The number of thiophene rings is 1. The Kier molecular flexibility index (Phi) is 5.74. The second kappa shape index (κ2) is 7.57. The summed E-state index contributed by atoms with van der Waals surface area (Å²) in [4.78, 5) is 20.7. The Labute approximate surface area is 139 Å². The van der Waals surface area contributed by atoms with Gasteiger partial charge in [0.1, 0.15) is 0 Å². The Bertz CT molecular complexity index is 685. The number of piperidine rings is 1. The van der Waals surface area contributed by atoms with Crippen LogP contribution in [-0.2, 0) is 9.59 Å². The number of benzene rings is 1. The topological polar surface area (TPSA) is 77.8 Å². The predicted molar refractivity (Wildman–Crippen MR) is 91.2 cm³/mol. The van der Waals surface area contributed by atoms with Gasteiger partial charge in [-0.25, -0.2) is 9.59 Å². The first-order valence-corrected chi connectivity index (χ1v) is 8.40. The smallest absolute Gasteiger partial charge is 0.414 e. The Hall–Kier alpha value is -1.92. The molecule has 23 heavy (non-hydrogen) atoms. The summed E-state index contributed by atoms with van der Waals surface area (Å²) in [5.41, 5.74) is 1.58. The van der Waals surface area contributed by atoms with Gasteiger partial charge in [0.15, 0.2) is 0 Å². The summed E-state index contributed by atoms with van der Waals surface area (Å²) in [6, 6.07) is 9.73. The van der Waals surface area contributed by atoms with Crippen LogP contribution in [0.15, 0.2) is 29.6 Å². The number of rotatable bonds is 1. The van der Waals surface area contributed by atoms with E-state index >= 15 is 0 Å². The van der Waals surface area contributed by atoms with Crippen molar-refractivity contribution >= 4 is 33.4 Å². The Balaban J connectivity index is 0.000000277. The third-order valence-electron chi connectivity index (χ3n) is 4.34. The van der Waals surface area contributed by atoms with Crippen LogP contribution in [0.25, 0.3) is 10.1 Å². The van der Waals surface area contributed by atoms with Crippen molar-refractivity contribution in [2.24, 2.45) is 0 Å². The molecule has 6 heteroatoms. The normalized spacial score (nSPS) is 21.5. The largest absolute Gasteiger partial charge is 0.473 e. The maximum Gasteiger partial charge on any atom is 0.414 e. The van der Waals surface area contributed by atoms with Gasteiger partial charge in [-0.2, -0.15) is 0 Å². The van der Waals surface area contributed by atoms with Gasteiger partial charge in [0, 0.05) is 10.7 Å². The SMILES string of the molecule is CC1CC(c2cccc3ccsc23)CCN1C.O=C(O)C(=O)O. The molecule has 0 bridgehead atoms. The average Bonchev–Trinajstić information content (AvgIpc) is 2.99. The number of aliphatic carboxylic acids is 2. The number of likely N-dealkylation sites (tertiary alicyclic amines) is 1. The standard InChI is InChI=1S/C15H19NS.C2H2O4/c1-11-10-13(6-8-16(11)2)14-5-3-4-12-7-9-17-15(12)14;3-1(4)2(5)6/h3-5,7,9,11,13H,6,8,10H2,1-2H3;(H,3,4)(H,5,6). The predicted octanol–water partition coefficient (Wildman–Crippen LogP) is 3.25. The summed E-state index contributed by atoms with van der Waals surface area (Å²) < 4.78 is 1.51. The Morgan fingerprint density at radius 3 is 2.52 bits per heavy atom. The lowest BCUT2D eigenvalue weighted by Crippen LogP contribution is -2.36. The van der Waals surface area contributed by atoms with Crippen LogP contribution in [0.3, 0.4) is 0 Å². The number of hydrogen-bond donors (Lipinski definition) is 2. The van der Waals surface area contributed by atoms with Crippen LogP contribution < -0.4 is 0 Å². The number of nitrogens with zero attached hydrogens (tertiary/aromatic N) is 1. The molecule has 3 rings (SSSR count). The van der Waals surface area contributed by atoms with E-state index in [9.17, 15) is 0 Å². The lowest BCUT2D eigenvalue weighted by atomic mass is 9.86. The minimum absolute atomic E-state index is 0.712. The first-order valence-electron chi connectivity index (χ1n) is 7.52. The molecule has 0 spiro atoms. The second-order valence-corrected chi connectivity index (χ2v) is 6.76. The van der Waals surface area contributed by atoms with Crippen molar-refractivity contribution in [1.82, 2.24) is 4.90 Å². The summed E-state index contributed by atoms with van der Waals surface area (Å²) >= 11 is 1.90. The second-order valence-electron chi connectivity index (χ2n) is 5.85. The lowest BCUT2D eigenvalue weighted by Gasteiger charge is -2.35. The molecular formula is C17H21NO4S. The zero-order valence-corrected chi connectivity index (χ0v) is 14.0. The number of carboxylic acids is 2. The summed E-state index contributed by atoms with van der Waals surface area (Å²) in [7, 11) is 2.24. The molecule has 2 N–H and O–H groups in total. The molecule has 0 saturated carbocycles. The average molecular weight is 335 g/mol. The van der Waals surface area contributed by atoms with Gasteiger partial charge in [0.05, 0.1) is 0 Å². The van der Waals surface area contributed by atoms with Gasteiger partial charge in [-0.1, -0.05) is 18.2 Å². The molecule has 1 aliphatic rings. The fourth-order valence-electron chi connectivity index (χ4n) is 2.91. The molecule has 2 heterocycles. The molecule has 1 fully saturated rings. The molecule has 0 radical (unpaired) electrons. The van der Waals surface area contributed by atoms with E-state index in [1.807, 2.05) is 11.3 Å². The molecule has 124 valence electrons. The van der Waals surface area contributed by atoms with Gasteiger partial charge < -0.3 is 15.1 Å². The Morgan fingerprint density at radius 1 is 1.22 bits per heavy atom. The van der Waals surface area contributed by atoms with Gasteiger partial charge in [-0.3, -0.25) is 0 Å². The van der Waals surface area contributed by atoms with E-state index < -0.39 is 11.9 Å². The minimum Gasteiger partial charge on any atom is -0.473 e. The van der Waals surface area contributed by atoms with E-state index in [-0.39, 0.29) is 0 Å². The fourth-order valence-corrected chi connectivity index (χ4v) is 3.90. The maximum absolute atomic E-state index is 9.10. The van der Waals surface area contributed by atoms with Crippen molar-refractivity contribution in [3.8, 4) is 0 Å². The highest BCUT2D eigenvalue weighted by atomic mass is 32.1. The van der Waals surface area contributed by atoms with Crippen LogP contribution in [0.5, 0.6) is 0 Å². The molecule has 1 saturated heterocycles. The molecule has 1 aromatic heterocycles. The summed E-state index contributed by atoms with van der Waals surface area (Å²) in [6.45, 7) is 3.58. The van der Waals surface area contributed by atoms with Crippen LogP contribution in [0.4, 0.5) is 0 Å². The highest BCUT2D eigenvalue weighted by molar-refractivity contribution is 7.17. The quantitative estimate of drug-likeness (QED) is 0.782. The number of carbonyl (C=O) groups is 2. The minimum atomic E-state index is -1.82. The van der Waals surface area contributed by atoms with Gasteiger partial charge in [0.25, 0.3) is 0 Å². The van der Waals surface area contributed by atoms with E-state index in [2.05, 4.69) is 48.5 Å². The lowest BCUT2D eigenvalue weighted by molar-refractivity contribution is -0.159. The zero-order valence-electron chi connectivity index (χ0n) is 13.2. The van der Waals surface area contributed by atoms with Crippen molar-refractivity contribution < 1.29 is 19.8 Å². The van der Waals surface area contributed by atoms with Crippen molar-refractivity contribution in [3.05, 3.63) is 35.2 Å². The van der Waals surface area contributed by atoms with Gasteiger partial charge in [-0.05, 0) is 61.7 Å². The molecule has 1 aliphatic heterocycles. The van der Waals surface area contributed by atoms with E-state index in [1.165, 1.54) is 29.5 Å². The van der Waals surface area contributed by atoms with Crippen LogP contribution in [0, 0.1) is 0 Å². The monoisotopic (exact) mass is 335 g/mol. The highest BCUT2D eigenvalue weighted by Gasteiger charge is 2.25. The maximum atomic E-state index is 9.10. The van der Waals surface area contributed by atoms with E-state index in [0.29, 0.717) is 6.04 Å². The molecule has 2 unspecified atom stereocenters. The molecule has 0 aliphatic carbocycles. The number of fused-ring (bicyclic) bond motifs is 1. The zero-order chi connectivity index (χ0) is 17.0. The summed E-state index contributed by atoms with van der Waals surface area (Å²) in [5, 5.41) is 18.4. The van der Waals surface area contributed by atoms with Crippen molar-refractivity contribution in [2.45, 2.75) is 31.7 Å². The van der Waals surface area contributed by atoms with E-state index in [0.717, 1.165) is 5.92 Å². The van der Waals surface area contributed by atoms with Crippen LogP contribution in [0.2, 0.25) is 0 Å². The van der Waals surface area contributed by atoms with Gasteiger partial charge >= 0.3 is 11.9 Å². The van der Waals surface area contributed by atoms with Crippen LogP contribution in [-0.4, -0.2) is 46.7 Å². The third kappa shape index (κ3) is 4.30. The van der Waals surface area contributed by atoms with E-state index in [1.54, 1.807) is 5.56 Å². The van der Waals surface area contributed by atoms with Crippen LogP contribution in [0.1, 0.15) is 31.2 Å². The van der Waals surface area contributed by atoms with Crippen LogP contribution >= 0.6 is 11.3 Å². The number of carboxylic acid groups (broad SMARTS) is 2. The summed E-state index contributed by atoms with van der Waals surface area (Å²) in [6.07, 6.45) is 2.60. The molecule has 1 aromatic carbocycles. The van der Waals surface area contributed by atoms with Gasteiger partial charge in [0.2, 0.25) is 0 Å². The fraction of sp³-hybridized carbons (Fsp3) is 0.412. The Morgan fingerprint density at radius 2 is 1.91 bits per heavy atom. The first kappa shape index (κ1) is 17.4. The van der Waals surface area contributed by atoms with E-state index in [4.69, 9.17) is 19.8 Å². The first-order chi connectivity index (χ1) is 10.9. The third-order valence-corrected chi connectivity index (χ3v) is 5.32. The molecule has 2 aromatic rings. The summed E-state index contributed by atoms with van der Waals surface area (Å²) in [5.74, 6) is -2.89. The highest BCUT2D eigenvalue weighted by Crippen LogP contribution is 2.36. The van der Waals surface area contributed by atoms with Crippen molar-refractivity contribution in [1.29, 1.82) is 0 Å².